The van der Waals surface area contributed by atoms with Crippen molar-refractivity contribution in [2.75, 3.05) is 16.7 Å². The minimum Gasteiger partial charge on any atom is -0.759 e. The average Bonchev–Trinajstić information content (AvgIpc) is 3.02. The van der Waals surface area contributed by atoms with E-state index in [1.165, 1.54) is 4.72 Å². The maximum absolute atomic E-state index is 13.6. The molecule has 25 heteroatoms. The van der Waals surface area contributed by atoms with E-state index in [2.05, 4.69) is 16.2 Å². The molecule has 0 fully saturated rings. The molecule has 2 aromatic carbocycles. The van der Waals surface area contributed by atoms with Crippen molar-refractivity contribution in [1.29, 1.82) is 10.5 Å². The van der Waals surface area contributed by atoms with Gasteiger partial charge in [-0.05, 0) is 48.7 Å². The lowest BCUT2D eigenvalue weighted by molar-refractivity contribution is 0.240. The Morgan fingerprint density at radius 1 is 0.896 bits per heavy atom. The van der Waals surface area contributed by atoms with Crippen LogP contribution in [0.4, 0.5) is 16.2 Å². The lowest BCUT2D eigenvalue weighted by Crippen LogP contribution is -2.41. The van der Waals surface area contributed by atoms with Gasteiger partial charge in [0.1, 0.15) is 12.1 Å². The SMILES string of the molecule is CCCCC(CC)CNC(=O)NNc1cc(C#N)c(C#N)cc1S(=O)(=O)c1ccc(NS(=O)(=O)S(=O)(=O)S(=O)(=O)S(=O)(=O)S(=O)[O-])cc1. The van der Waals surface area contributed by atoms with Crippen LogP contribution in [0.15, 0.2) is 46.2 Å². The van der Waals surface area contributed by atoms with Crippen LogP contribution >= 0.6 is 0 Å². The molecule has 2 unspecified atom stereocenters. The zero-order chi connectivity index (χ0) is 36.7. The Balaban J connectivity index is 2.45. The van der Waals surface area contributed by atoms with E-state index in [1.807, 2.05) is 13.8 Å². The van der Waals surface area contributed by atoms with Crippen molar-refractivity contribution in [3.05, 3.63) is 47.5 Å². The summed E-state index contributed by atoms with van der Waals surface area (Å²) < 4.78 is 146. The van der Waals surface area contributed by atoms with Gasteiger partial charge in [-0.3, -0.25) is 19.8 Å². The van der Waals surface area contributed by atoms with Crippen LogP contribution in [0.3, 0.4) is 0 Å². The van der Waals surface area contributed by atoms with Crippen molar-refractivity contribution in [2.24, 2.45) is 5.92 Å². The second kappa shape index (κ2) is 15.6. The van der Waals surface area contributed by atoms with Crippen LogP contribution in [-0.2, 0) is 52.7 Å². The van der Waals surface area contributed by atoms with Gasteiger partial charge in [0.15, 0.2) is 0 Å². The number of carbonyl (C=O) groups is 1. The van der Waals surface area contributed by atoms with Crippen molar-refractivity contribution in [3.63, 3.8) is 0 Å². The van der Waals surface area contributed by atoms with Crippen LogP contribution in [0.25, 0.3) is 0 Å². The molecule has 2 atom stereocenters. The lowest BCUT2D eigenvalue weighted by Gasteiger charge is -2.18. The number of urea groups is 1. The molecular formula is C23H27N6O13S6-. The Bertz CT molecular complexity index is 2230. The number of hydrogen-bond acceptors (Lipinski definition) is 16. The van der Waals surface area contributed by atoms with Crippen molar-refractivity contribution in [3.8, 4) is 12.1 Å². The van der Waals surface area contributed by atoms with Gasteiger partial charge in [0.05, 0.1) is 36.7 Å². The minimum atomic E-state index is -6.93. The second-order valence-electron chi connectivity index (χ2n) is 9.51. The maximum Gasteiger partial charge on any atom is 0.390 e. The molecule has 2 amide bonds. The fourth-order valence-corrected chi connectivity index (χ4v) is 22.0. The topological polar surface area (TPSA) is 324 Å². The smallest absolute Gasteiger partial charge is 0.390 e. The zero-order valence-electron chi connectivity index (χ0n) is 24.7. The molecule has 2 rings (SSSR count). The molecule has 19 nitrogen and oxygen atoms in total. The molecule has 0 aliphatic rings. The average molecular weight is 788 g/mol. The zero-order valence-corrected chi connectivity index (χ0v) is 29.6. The molecule has 4 N–H and O–H groups in total. The first kappa shape index (κ1) is 40.3. The highest BCUT2D eigenvalue weighted by molar-refractivity contribution is 9.24. The number of benzene rings is 2. The number of hydrogen-bond donors (Lipinski definition) is 4. The molecule has 2 aromatic rings. The van der Waals surface area contributed by atoms with Gasteiger partial charge in [0.2, 0.25) is 9.84 Å². The molecule has 264 valence electrons. The highest BCUT2D eigenvalue weighted by Crippen LogP contribution is 2.31. The van der Waals surface area contributed by atoms with E-state index in [9.17, 15) is 66.2 Å². The van der Waals surface area contributed by atoms with Crippen LogP contribution in [0.5, 0.6) is 0 Å². The lowest BCUT2D eigenvalue weighted by atomic mass is 9.99. The fourth-order valence-electron chi connectivity index (χ4n) is 3.74. The third kappa shape index (κ3) is 8.41. The van der Waals surface area contributed by atoms with Crippen LogP contribution < -0.4 is 20.9 Å². The molecule has 0 aliphatic carbocycles. The monoisotopic (exact) mass is 787 g/mol. The summed E-state index contributed by atoms with van der Waals surface area (Å²) in [7, 11) is -35.9. The van der Waals surface area contributed by atoms with Gasteiger partial charge in [0.25, 0.3) is 0 Å². The molecule has 0 saturated heterocycles. The van der Waals surface area contributed by atoms with Crippen LogP contribution in [-0.4, -0.2) is 63.4 Å². The van der Waals surface area contributed by atoms with E-state index in [4.69, 9.17) is 0 Å². The van der Waals surface area contributed by atoms with Crippen LogP contribution in [0.1, 0.15) is 50.7 Å². The first-order valence-corrected chi connectivity index (χ1v) is 23.7. The second-order valence-corrected chi connectivity index (χ2v) is 27.3. The summed E-state index contributed by atoms with van der Waals surface area (Å²) >= 11 is 0. The van der Waals surface area contributed by atoms with Gasteiger partial charge in [-0.25, -0.2) is 13.2 Å². The summed E-state index contributed by atoms with van der Waals surface area (Å²) in [4.78, 5) is 11.2. The number of sulfone groups is 1. The van der Waals surface area contributed by atoms with E-state index in [-0.39, 0.29) is 22.7 Å². The number of anilines is 2. The van der Waals surface area contributed by atoms with Crippen molar-refractivity contribution < 1.29 is 55.6 Å². The van der Waals surface area contributed by atoms with Crippen molar-refractivity contribution >= 4 is 70.1 Å². The number of hydrazine groups is 1. The van der Waals surface area contributed by atoms with Gasteiger partial charge in [-0.15, -0.1) is 0 Å². The Morgan fingerprint density at radius 2 is 1.46 bits per heavy atom. The van der Waals surface area contributed by atoms with Crippen molar-refractivity contribution in [1.82, 2.24) is 10.7 Å². The van der Waals surface area contributed by atoms with Gasteiger partial charge in [-0.1, -0.05) is 33.1 Å². The van der Waals surface area contributed by atoms with Gasteiger partial charge in [0, 0.05) is 12.2 Å². The molecule has 0 radical (unpaired) electrons. The highest BCUT2D eigenvalue weighted by atomic mass is 33.9. The largest absolute Gasteiger partial charge is 0.759 e. The number of nitrogens with zero attached hydrogens (tertiary/aromatic N) is 2. The molecule has 0 aromatic heterocycles. The Kier molecular flexibility index (Phi) is 13.1. The Morgan fingerprint density at radius 3 is 1.96 bits per heavy atom. The van der Waals surface area contributed by atoms with E-state index in [0.29, 0.717) is 30.8 Å². The predicted molar refractivity (Wildman–Crippen MR) is 169 cm³/mol. The first-order chi connectivity index (χ1) is 22.1. The molecule has 0 aliphatic heterocycles. The van der Waals surface area contributed by atoms with Gasteiger partial charge >= 0.3 is 38.8 Å². The Labute approximate surface area is 277 Å². The number of nitriles is 2. The van der Waals surface area contributed by atoms with Crippen LogP contribution in [0, 0.1) is 28.6 Å². The third-order valence-electron chi connectivity index (χ3n) is 6.40. The molecule has 48 heavy (non-hydrogen) atoms. The minimum absolute atomic E-state index is 0.181. The van der Waals surface area contributed by atoms with E-state index in [0.717, 1.165) is 37.8 Å². The Hall–Kier alpha value is -3.85. The summed E-state index contributed by atoms with van der Waals surface area (Å²) in [5.74, 6) is 0.181. The summed E-state index contributed by atoms with van der Waals surface area (Å²) in [6.07, 6.45) is 3.57. The number of unbranched alkanes of at least 4 members (excludes halogenated alkanes) is 1. The number of rotatable bonds is 16. The standard InChI is InChI=1S/C23H28N6O13S6/c1-3-5-6-16(4-2)15-26-23(30)28-27-21-11-17(13-24)18(14-25)12-22(21)44(33,34)20-9-7-19(8-10-20)29-45(35,36)47(39,40)48(41,42)46(37,38)43(31)32/h7-12,16,27,29H,3-6,15H2,1-2H3,(H,31,32)(H2,26,28,30)/p-1. The molecule has 0 spiro atoms. The summed E-state index contributed by atoms with van der Waals surface area (Å²) in [6, 6.07) is 7.07. The van der Waals surface area contributed by atoms with E-state index in [1.54, 1.807) is 12.1 Å². The first-order valence-electron chi connectivity index (χ1n) is 13.1. The highest BCUT2D eigenvalue weighted by Gasteiger charge is 2.52. The summed E-state index contributed by atoms with van der Waals surface area (Å²) in [6.45, 7) is 4.29. The number of nitrogens with one attached hydrogen (secondary N) is 4. The third-order valence-corrected chi connectivity index (χ3v) is 27.0. The molecule has 0 bridgehead atoms. The summed E-state index contributed by atoms with van der Waals surface area (Å²) in [5.41, 5.74) is 2.81. The van der Waals surface area contributed by atoms with E-state index < -0.39 is 74.2 Å². The maximum atomic E-state index is 13.6. The fraction of sp³-hybridized carbons (Fsp3) is 0.348. The number of amides is 2. The quantitative estimate of drug-likeness (QED) is 0.103. The molecule has 0 heterocycles. The van der Waals surface area contributed by atoms with E-state index >= 15 is 0 Å². The summed E-state index contributed by atoms with van der Waals surface area (Å²) in [5, 5.41) is 21.5. The number of carbonyl (C=O) groups excluding carboxylic acids is 1. The van der Waals surface area contributed by atoms with Crippen molar-refractivity contribution in [2.45, 2.75) is 49.3 Å². The van der Waals surface area contributed by atoms with Crippen LogP contribution in [0.2, 0.25) is 0 Å². The van der Waals surface area contributed by atoms with Gasteiger partial charge < -0.3 is 9.87 Å². The molecule has 0 saturated carbocycles. The molecular weight excluding hydrogens is 761 g/mol. The normalized spacial score (nSPS) is 13.7. The van der Waals surface area contributed by atoms with Gasteiger partial charge in [-0.2, -0.15) is 44.2 Å². The predicted octanol–water partition coefficient (Wildman–Crippen LogP) is 0.630.